The van der Waals surface area contributed by atoms with Crippen molar-refractivity contribution in [1.82, 2.24) is 25.5 Å². The summed E-state index contributed by atoms with van der Waals surface area (Å²) in [5, 5.41) is 6.12. The van der Waals surface area contributed by atoms with Gasteiger partial charge in [-0.1, -0.05) is 18.2 Å². The van der Waals surface area contributed by atoms with Crippen LogP contribution in [0.5, 0.6) is 5.75 Å². The van der Waals surface area contributed by atoms with E-state index in [1.54, 1.807) is 43.7 Å². The van der Waals surface area contributed by atoms with Crippen LogP contribution in [-0.2, 0) is 11.3 Å². The number of nitrogens with one attached hydrogen (secondary N) is 2. The third-order valence-corrected chi connectivity index (χ3v) is 4.96. The van der Waals surface area contributed by atoms with Gasteiger partial charge < -0.3 is 25.2 Å². The number of hydrogen-bond donors (Lipinski definition) is 2. The first-order valence-corrected chi connectivity index (χ1v) is 10.3. The second-order valence-electron chi connectivity index (χ2n) is 7.01. The number of carbonyl (C=O) groups excluding carboxylic acids is 1. The summed E-state index contributed by atoms with van der Waals surface area (Å²) in [6.45, 7) is 0.367. The number of para-hydroxylation sites is 1. The highest BCUT2D eigenvalue weighted by Gasteiger charge is 2.22. The number of ether oxygens (including phenoxy) is 1. The zero-order valence-corrected chi connectivity index (χ0v) is 20.6. The van der Waals surface area contributed by atoms with E-state index < -0.39 is 6.61 Å². The maximum atomic E-state index is 12.5. The number of amides is 1. The molecule has 1 aromatic heterocycles. The van der Waals surface area contributed by atoms with Gasteiger partial charge in [0.25, 0.3) is 0 Å². The van der Waals surface area contributed by atoms with Gasteiger partial charge in [0.15, 0.2) is 5.96 Å². The number of aromatic nitrogens is 2. The molecule has 33 heavy (non-hydrogen) atoms. The Bertz CT molecular complexity index is 897. The number of rotatable bonds is 8. The molecule has 0 spiro atoms. The van der Waals surface area contributed by atoms with E-state index in [9.17, 15) is 13.6 Å². The number of halogens is 3. The highest BCUT2D eigenvalue weighted by Crippen LogP contribution is 2.19. The molecule has 2 heterocycles. The van der Waals surface area contributed by atoms with E-state index in [0.717, 1.165) is 0 Å². The number of anilines is 1. The minimum Gasteiger partial charge on any atom is -0.434 e. The molecule has 1 aliphatic rings. The van der Waals surface area contributed by atoms with E-state index >= 15 is 0 Å². The molecule has 180 valence electrons. The molecule has 0 atom stereocenters. The zero-order chi connectivity index (χ0) is 22.8. The molecule has 1 fully saturated rings. The molecule has 1 aliphatic heterocycles. The van der Waals surface area contributed by atoms with Crippen molar-refractivity contribution in [3.05, 3.63) is 48.3 Å². The fourth-order valence-corrected chi connectivity index (χ4v) is 3.32. The number of nitrogens with zero attached hydrogens (tertiary/aromatic N) is 5. The van der Waals surface area contributed by atoms with E-state index in [0.29, 0.717) is 56.6 Å². The van der Waals surface area contributed by atoms with E-state index in [-0.39, 0.29) is 42.2 Å². The van der Waals surface area contributed by atoms with Gasteiger partial charge >= 0.3 is 6.61 Å². The van der Waals surface area contributed by atoms with Gasteiger partial charge in [-0.2, -0.15) is 8.78 Å². The van der Waals surface area contributed by atoms with E-state index in [1.807, 2.05) is 4.90 Å². The van der Waals surface area contributed by atoms with E-state index in [4.69, 9.17) is 0 Å². The van der Waals surface area contributed by atoms with Crippen molar-refractivity contribution >= 4 is 41.8 Å². The number of aliphatic imine (C=N–C) groups is 1. The molecule has 1 aromatic carbocycles. The molecule has 0 saturated carbocycles. The van der Waals surface area contributed by atoms with Crippen LogP contribution in [0.4, 0.5) is 14.7 Å². The standard InChI is InChI=1S/C21H27F2N7O2.HI/c1-24-20(28-15-16-5-2-3-6-17(16)32-19(22)23)25-10-7-18(31)29-11-13-30(14-12-29)21-26-8-4-9-27-21;/h2-6,8-9,19H,7,10-15H2,1H3,(H2,24,25,28);1H. The zero-order valence-electron chi connectivity index (χ0n) is 18.3. The Kier molecular flexibility index (Phi) is 11.0. The van der Waals surface area contributed by atoms with Crippen LogP contribution in [0.1, 0.15) is 12.0 Å². The average molecular weight is 575 g/mol. The second kappa shape index (κ2) is 13.7. The van der Waals surface area contributed by atoms with Gasteiger partial charge in [-0.3, -0.25) is 9.79 Å². The van der Waals surface area contributed by atoms with Gasteiger partial charge in [0, 0.05) is 70.7 Å². The van der Waals surface area contributed by atoms with E-state index in [1.165, 1.54) is 6.07 Å². The third-order valence-electron chi connectivity index (χ3n) is 4.96. The van der Waals surface area contributed by atoms with Gasteiger partial charge in [0.05, 0.1) is 0 Å². The largest absolute Gasteiger partial charge is 0.434 e. The fourth-order valence-electron chi connectivity index (χ4n) is 3.32. The quantitative estimate of drug-likeness (QED) is 0.283. The van der Waals surface area contributed by atoms with Crippen molar-refractivity contribution in [3.63, 3.8) is 0 Å². The molecule has 2 N–H and O–H groups in total. The summed E-state index contributed by atoms with van der Waals surface area (Å²) >= 11 is 0. The lowest BCUT2D eigenvalue weighted by atomic mass is 10.2. The molecule has 12 heteroatoms. The van der Waals surface area contributed by atoms with Crippen LogP contribution in [0.2, 0.25) is 0 Å². The van der Waals surface area contributed by atoms with Crippen molar-refractivity contribution in [2.75, 3.05) is 44.7 Å². The topological polar surface area (TPSA) is 95.0 Å². The fraction of sp³-hybridized carbons (Fsp3) is 0.429. The minimum atomic E-state index is -2.89. The maximum Gasteiger partial charge on any atom is 0.387 e. The molecule has 0 aliphatic carbocycles. The van der Waals surface area contributed by atoms with Crippen molar-refractivity contribution in [1.29, 1.82) is 0 Å². The first-order chi connectivity index (χ1) is 15.6. The first kappa shape index (κ1) is 26.5. The van der Waals surface area contributed by atoms with Crippen LogP contribution in [0.15, 0.2) is 47.7 Å². The van der Waals surface area contributed by atoms with Crippen LogP contribution < -0.4 is 20.3 Å². The Morgan fingerprint density at radius 2 is 1.82 bits per heavy atom. The van der Waals surface area contributed by atoms with E-state index in [2.05, 4.69) is 35.2 Å². The van der Waals surface area contributed by atoms with Crippen LogP contribution >= 0.6 is 24.0 Å². The number of alkyl halides is 2. The molecule has 1 saturated heterocycles. The van der Waals surface area contributed by atoms with Gasteiger partial charge in [-0.05, 0) is 12.1 Å². The maximum absolute atomic E-state index is 12.5. The summed E-state index contributed by atoms with van der Waals surface area (Å²) in [6.07, 6.45) is 3.72. The van der Waals surface area contributed by atoms with Gasteiger partial charge in [-0.25, -0.2) is 9.97 Å². The lowest BCUT2D eigenvalue weighted by Crippen LogP contribution is -2.50. The number of guanidine groups is 1. The Morgan fingerprint density at radius 1 is 1.12 bits per heavy atom. The Hall–Kier alpha value is -2.77. The predicted molar refractivity (Wildman–Crippen MR) is 132 cm³/mol. The molecule has 2 aromatic rings. The highest BCUT2D eigenvalue weighted by molar-refractivity contribution is 14.0. The summed E-state index contributed by atoms with van der Waals surface area (Å²) in [4.78, 5) is 29.0. The molecule has 0 unspecified atom stereocenters. The smallest absolute Gasteiger partial charge is 0.387 e. The number of benzene rings is 1. The summed E-state index contributed by atoms with van der Waals surface area (Å²) in [5.74, 6) is 1.31. The normalized spacial score (nSPS) is 14.0. The lowest BCUT2D eigenvalue weighted by Gasteiger charge is -2.34. The van der Waals surface area contributed by atoms with Crippen molar-refractivity contribution in [3.8, 4) is 5.75 Å². The molecule has 3 rings (SSSR count). The predicted octanol–water partition coefficient (Wildman–Crippen LogP) is 2.10. The van der Waals surface area contributed by atoms with Crippen LogP contribution in [0.25, 0.3) is 0 Å². The SMILES string of the molecule is CN=C(NCCC(=O)N1CCN(c2ncccn2)CC1)NCc1ccccc1OC(F)F.I. The van der Waals surface area contributed by atoms with Crippen LogP contribution in [0.3, 0.4) is 0 Å². The Morgan fingerprint density at radius 3 is 2.48 bits per heavy atom. The van der Waals surface area contributed by atoms with Crippen molar-refractivity contribution < 1.29 is 18.3 Å². The molecule has 0 radical (unpaired) electrons. The molecular weight excluding hydrogens is 547 g/mol. The van der Waals surface area contributed by atoms with Crippen LogP contribution in [0, 0.1) is 0 Å². The van der Waals surface area contributed by atoms with Gasteiger partial charge in [-0.15, -0.1) is 24.0 Å². The van der Waals surface area contributed by atoms with Gasteiger partial charge in [0.2, 0.25) is 11.9 Å². The Balaban J connectivity index is 0.00000385. The summed E-state index contributed by atoms with van der Waals surface area (Å²) in [6, 6.07) is 8.33. The van der Waals surface area contributed by atoms with Crippen molar-refractivity contribution in [2.45, 2.75) is 19.6 Å². The molecule has 9 nitrogen and oxygen atoms in total. The highest BCUT2D eigenvalue weighted by atomic mass is 127. The monoisotopic (exact) mass is 575 g/mol. The van der Waals surface area contributed by atoms with Crippen molar-refractivity contribution in [2.24, 2.45) is 4.99 Å². The minimum absolute atomic E-state index is 0. The Labute approximate surface area is 208 Å². The third kappa shape index (κ3) is 8.26. The lowest BCUT2D eigenvalue weighted by molar-refractivity contribution is -0.131. The molecule has 0 bridgehead atoms. The average Bonchev–Trinajstić information content (AvgIpc) is 2.82. The number of carbonyl (C=O) groups is 1. The molecular formula is C21H28F2IN7O2. The summed E-state index contributed by atoms with van der Waals surface area (Å²) in [5.41, 5.74) is 0.576. The summed E-state index contributed by atoms with van der Waals surface area (Å²) < 4.78 is 29.6. The molecule has 1 amide bonds. The van der Waals surface area contributed by atoms with Gasteiger partial charge in [0.1, 0.15) is 5.75 Å². The first-order valence-electron chi connectivity index (χ1n) is 10.3. The summed E-state index contributed by atoms with van der Waals surface area (Å²) in [7, 11) is 1.60. The second-order valence-corrected chi connectivity index (χ2v) is 7.01. The number of hydrogen-bond acceptors (Lipinski definition) is 6. The number of piperazine rings is 1. The van der Waals surface area contributed by atoms with Crippen LogP contribution in [-0.4, -0.2) is 73.1 Å².